The second-order valence-corrected chi connectivity index (χ2v) is 3.34. The molecule has 90 valence electrons. The van der Waals surface area contributed by atoms with E-state index in [9.17, 15) is 17.6 Å². The Morgan fingerprint density at radius 2 is 2.00 bits per heavy atom. The van der Waals surface area contributed by atoms with Gasteiger partial charge in [-0.05, 0) is 19.1 Å². The number of benzene rings is 1. The largest absolute Gasteiger partial charge is 0.484 e. The molecule has 2 N–H and O–H groups in total. The summed E-state index contributed by atoms with van der Waals surface area (Å²) in [6.45, 7) is 0.00896. The quantitative estimate of drug-likeness (QED) is 0.820. The summed E-state index contributed by atoms with van der Waals surface area (Å²) in [6.07, 6.45) is -4.46. The first kappa shape index (κ1) is 12.8. The van der Waals surface area contributed by atoms with Gasteiger partial charge in [0.1, 0.15) is 11.6 Å². The minimum Gasteiger partial charge on any atom is -0.484 e. The van der Waals surface area contributed by atoms with Crippen LogP contribution in [0.2, 0.25) is 0 Å². The number of ether oxygens (including phenoxy) is 1. The molecule has 0 heterocycles. The van der Waals surface area contributed by atoms with Gasteiger partial charge >= 0.3 is 6.18 Å². The Labute approximate surface area is 90.0 Å². The third-order valence-electron chi connectivity index (χ3n) is 1.86. The Morgan fingerprint density at radius 3 is 2.50 bits per heavy atom. The van der Waals surface area contributed by atoms with Gasteiger partial charge in [0.05, 0.1) is 0 Å². The van der Waals surface area contributed by atoms with Gasteiger partial charge in [0.15, 0.2) is 6.61 Å². The molecule has 1 rings (SSSR count). The minimum absolute atomic E-state index is 0.0493. The lowest BCUT2D eigenvalue weighted by atomic mass is 10.1. The average molecular weight is 237 g/mol. The normalized spacial score (nSPS) is 13.6. The highest BCUT2D eigenvalue weighted by Crippen LogP contribution is 2.28. The SMILES string of the molecule is C[C@H](N)c1c(F)cccc1OCC(F)(F)F. The van der Waals surface area contributed by atoms with Gasteiger partial charge in [-0.1, -0.05) is 6.07 Å². The minimum atomic E-state index is -4.46. The molecule has 2 nitrogen and oxygen atoms in total. The van der Waals surface area contributed by atoms with Gasteiger partial charge in [0, 0.05) is 11.6 Å². The van der Waals surface area contributed by atoms with E-state index in [2.05, 4.69) is 4.74 Å². The Morgan fingerprint density at radius 1 is 1.38 bits per heavy atom. The molecule has 6 heteroatoms. The van der Waals surface area contributed by atoms with Gasteiger partial charge in [0.2, 0.25) is 0 Å². The molecule has 0 amide bonds. The van der Waals surface area contributed by atoms with Crippen LogP contribution in [0.5, 0.6) is 5.75 Å². The summed E-state index contributed by atoms with van der Waals surface area (Å²) in [7, 11) is 0. The third-order valence-corrected chi connectivity index (χ3v) is 1.86. The van der Waals surface area contributed by atoms with Crippen molar-refractivity contribution in [1.29, 1.82) is 0 Å². The van der Waals surface area contributed by atoms with E-state index in [4.69, 9.17) is 5.73 Å². The van der Waals surface area contributed by atoms with Crippen molar-refractivity contribution in [3.05, 3.63) is 29.6 Å². The van der Waals surface area contributed by atoms with Gasteiger partial charge in [-0.3, -0.25) is 0 Å². The van der Waals surface area contributed by atoms with Crippen LogP contribution in [0.3, 0.4) is 0 Å². The Bertz CT molecular complexity index is 362. The maximum absolute atomic E-state index is 13.3. The van der Waals surface area contributed by atoms with Crippen molar-refractivity contribution in [2.45, 2.75) is 19.1 Å². The van der Waals surface area contributed by atoms with Gasteiger partial charge in [-0.15, -0.1) is 0 Å². The number of halogens is 4. The van der Waals surface area contributed by atoms with Gasteiger partial charge in [-0.2, -0.15) is 13.2 Å². The average Bonchev–Trinajstić information content (AvgIpc) is 2.12. The fourth-order valence-electron chi connectivity index (χ4n) is 1.24. The van der Waals surface area contributed by atoms with Crippen LogP contribution in [0.1, 0.15) is 18.5 Å². The van der Waals surface area contributed by atoms with Crippen molar-refractivity contribution in [3.8, 4) is 5.75 Å². The second-order valence-electron chi connectivity index (χ2n) is 3.34. The molecule has 0 aliphatic heterocycles. The zero-order valence-electron chi connectivity index (χ0n) is 8.51. The van der Waals surface area contributed by atoms with E-state index in [1.54, 1.807) is 0 Å². The summed E-state index contributed by atoms with van der Waals surface area (Å²) in [5, 5.41) is 0. The zero-order chi connectivity index (χ0) is 12.3. The van der Waals surface area contributed by atoms with E-state index in [-0.39, 0.29) is 11.3 Å². The van der Waals surface area contributed by atoms with Crippen molar-refractivity contribution in [2.24, 2.45) is 5.73 Å². The van der Waals surface area contributed by atoms with E-state index >= 15 is 0 Å². The summed E-state index contributed by atoms with van der Waals surface area (Å²) in [4.78, 5) is 0. The number of rotatable bonds is 3. The van der Waals surface area contributed by atoms with Crippen molar-refractivity contribution in [3.63, 3.8) is 0 Å². The number of hydrogen-bond acceptors (Lipinski definition) is 2. The summed E-state index contributed by atoms with van der Waals surface area (Å²) in [5.41, 5.74) is 5.40. The van der Waals surface area contributed by atoms with E-state index in [1.165, 1.54) is 19.1 Å². The molecular weight excluding hydrogens is 226 g/mol. The predicted molar refractivity (Wildman–Crippen MR) is 50.6 cm³/mol. The Balaban J connectivity index is 2.91. The predicted octanol–water partition coefficient (Wildman–Crippen LogP) is 2.79. The summed E-state index contributed by atoms with van der Waals surface area (Å²) < 4.78 is 53.6. The molecule has 0 saturated heterocycles. The van der Waals surface area contributed by atoms with E-state index < -0.39 is 24.6 Å². The molecule has 0 radical (unpaired) electrons. The molecule has 0 spiro atoms. The molecule has 1 aromatic carbocycles. The summed E-state index contributed by atoms with van der Waals surface area (Å²) in [5.74, 6) is -0.845. The summed E-state index contributed by atoms with van der Waals surface area (Å²) in [6, 6.07) is 2.92. The van der Waals surface area contributed by atoms with Crippen LogP contribution in [0.15, 0.2) is 18.2 Å². The molecule has 1 aromatic rings. The van der Waals surface area contributed by atoms with Crippen LogP contribution in [0, 0.1) is 5.82 Å². The molecule has 0 bridgehead atoms. The fourth-order valence-corrected chi connectivity index (χ4v) is 1.24. The fraction of sp³-hybridized carbons (Fsp3) is 0.400. The molecule has 0 aliphatic rings. The van der Waals surface area contributed by atoms with Crippen LogP contribution < -0.4 is 10.5 Å². The van der Waals surface area contributed by atoms with E-state index in [0.29, 0.717) is 0 Å². The van der Waals surface area contributed by atoms with Crippen LogP contribution in [-0.4, -0.2) is 12.8 Å². The lowest BCUT2D eigenvalue weighted by Crippen LogP contribution is -2.21. The highest BCUT2D eigenvalue weighted by Gasteiger charge is 2.29. The molecule has 0 fully saturated rings. The number of alkyl halides is 3. The molecular formula is C10H11F4NO. The van der Waals surface area contributed by atoms with Crippen molar-refractivity contribution in [2.75, 3.05) is 6.61 Å². The molecule has 0 unspecified atom stereocenters. The number of nitrogens with two attached hydrogens (primary N) is 1. The third kappa shape index (κ3) is 3.37. The highest BCUT2D eigenvalue weighted by atomic mass is 19.4. The monoisotopic (exact) mass is 237 g/mol. The van der Waals surface area contributed by atoms with Crippen molar-refractivity contribution < 1.29 is 22.3 Å². The molecule has 16 heavy (non-hydrogen) atoms. The standard InChI is InChI=1S/C10H11F4NO/c1-6(15)9-7(11)3-2-4-8(9)16-5-10(12,13)14/h2-4,6H,5,15H2,1H3/t6-/m0/s1. The van der Waals surface area contributed by atoms with E-state index in [1.807, 2.05) is 0 Å². The zero-order valence-corrected chi connectivity index (χ0v) is 8.51. The van der Waals surface area contributed by atoms with Gasteiger partial charge in [-0.25, -0.2) is 4.39 Å². The molecule has 0 aliphatic carbocycles. The number of hydrogen-bond donors (Lipinski definition) is 1. The molecule has 0 aromatic heterocycles. The maximum Gasteiger partial charge on any atom is 0.422 e. The van der Waals surface area contributed by atoms with Crippen molar-refractivity contribution >= 4 is 0 Å². The van der Waals surface area contributed by atoms with Crippen molar-refractivity contribution in [1.82, 2.24) is 0 Å². The first-order valence-electron chi connectivity index (χ1n) is 4.55. The van der Waals surface area contributed by atoms with Crippen LogP contribution in [0.25, 0.3) is 0 Å². The van der Waals surface area contributed by atoms with Crippen LogP contribution in [-0.2, 0) is 0 Å². The maximum atomic E-state index is 13.3. The first-order valence-corrected chi connectivity index (χ1v) is 4.55. The smallest absolute Gasteiger partial charge is 0.422 e. The highest BCUT2D eigenvalue weighted by molar-refractivity contribution is 5.36. The first-order chi connectivity index (χ1) is 7.31. The topological polar surface area (TPSA) is 35.2 Å². The summed E-state index contributed by atoms with van der Waals surface area (Å²) >= 11 is 0. The van der Waals surface area contributed by atoms with Gasteiger partial charge in [0.25, 0.3) is 0 Å². The van der Waals surface area contributed by atoms with Crippen LogP contribution in [0.4, 0.5) is 17.6 Å². The second kappa shape index (κ2) is 4.69. The van der Waals surface area contributed by atoms with Gasteiger partial charge < -0.3 is 10.5 Å². The van der Waals surface area contributed by atoms with Crippen LogP contribution >= 0.6 is 0 Å². The molecule has 0 saturated carbocycles. The Kier molecular flexibility index (Phi) is 3.74. The molecule has 1 atom stereocenters. The Hall–Kier alpha value is -1.30. The lowest BCUT2D eigenvalue weighted by Gasteiger charge is -2.15. The van der Waals surface area contributed by atoms with E-state index in [0.717, 1.165) is 6.07 Å². The lowest BCUT2D eigenvalue weighted by molar-refractivity contribution is -0.153.